The number of halogens is 1. The van der Waals surface area contributed by atoms with E-state index in [9.17, 15) is 9.59 Å². The molecule has 0 N–H and O–H groups in total. The maximum atomic E-state index is 12.7. The molecule has 28 heavy (non-hydrogen) atoms. The zero-order valence-electron chi connectivity index (χ0n) is 15.4. The maximum absolute atomic E-state index is 12.7. The van der Waals surface area contributed by atoms with Crippen molar-refractivity contribution in [2.24, 2.45) is 0 Å². The van der Waals surface area contributed by atoms with Gasteiger partial charge in [0.25, 0.3) is 5.91 Å². The smallest absolute Gasteiger partial charge is 0.338 e. The van der Waals surface area contributed by atoms with Crippen LogP contribution in [0.3, 0.4) is 0 Å². The van der Waals surface area contributed by atoms with Gasteiger partial charge in [0, 0.05) is 23.7 Å². The fourth-order valence-electron chi connectivity index (χ4n) is 2.96. The highest BCUT2D eigenvalue weighted by Crippen LogP contribution is 2.26. The summed E-state index contributed by atoms with van der Waals surface area (Å²) in [4.78, 5) is 26.4. The molecule has 3 rings (SSSR count). The molecule has 0 atom stereocenters. The van der Waals surface area contributed by atoms with Gasteiger partial charge in [0.05, 0.1) is 24.7 Å². The van der Waals surface area contributed by atoms with Crippen LogP contribution < -0.4 is 9.64 Å². The lowest BCUT2D eigenvalue weighted by atomic mass is 10.1. The normalized spacial score (nSPS) is 11.9. The van der Waals surface area contributed by atoms with Gasteiger partial charge in [0.15, 0.2) is 6.61 Å². The van der Waals surface area contributed by atoms with Crippen LogP contribution in [-0.2, 0) is 16.0 Å². The molecule has 1 heterocycles. The van der Waals surface area contributed by atoms with Crippen LogP contribution in [0.5, 0.6) is 5.75 Å². The molecule has 144 valence electrons. The van der Waals surface area contributed by atoms with Gasteiger partial charge in [-0.2, -0.15) is 5.26 Å². The zero-order valence-corrected chi connectivity index (χ0v) is 16.2. The van der Waals surface area contributed by atoms with Crippen LogP contribution in [0.1, 0.15) is 27.9 Å². The molecule has 0 aromatic heterocycles. The number of nitrogens with zero attached hydrogens (tertiary/aromatic N) is 2. The first kappa shape index (κ1) is 19.7. The topological polar surface area (TPSA) is 79.6 Å². The molecule has 2 aromatic rings. The molecule has 0 spiro atoms. The summed E-state index contributed by atoms with van der Waals surface area (Å²) < 4.78 is 10.6. The maximum Gasteiger partial charge on any atom is 0.338 e. The number of hydrogen-bond donors (Lipinski definition) is 0. The van der Waals surface area contributed by atoms with Gasteiger partial charge >= 0.3 is 5.97 Å². The molecule has 1 aliphatic heterocycles. The number of carbonyl (C=O) groups is 2. The van der Waals surface area contributed by atoms with Crippen molar-refractivity contribution in [3.8, 4) is 11.8 Å². The van der Waals surface area contributed by atoms with Crippen LogP contribution in [0.2, 0.25) is 5.02 Å². The second-order valence-corrected chi connectivity index (χ2v) is 6.79. The average Bonchev–Trinajstić information content (AvgIpc) is 3.16. The number of hydrogen-bond acceptors (Lipinski definition) is 5. The third kappa shape index (κ3) is 4.44. The minimum Gasteiger partial charge on any atom is -0.493 e. The van der Waals surface area contributed by atoms with E-state index in [0.717, 1.165) is 23.3 Å². The highest BCUT2D eigenvalue weighted by molar-refractivity contribution is 6.31. The molecule has 0 bridgehead atoms. The quantitative estimate of drug-likeness (QED) is 0.693. The number of amides is 1. The number of anilines is 1. The number of benzene rings is 2. The zero-order chi connectivity index (χ0) is 20.1. The molecule has 0 radical (unpaired) electrons. The van der Waals surface area contributed by atoms with Crippen molar-refractivity contribution in [1.82, 2.24) is 0 Å². The minimum absolute atomic E-state index is 0.159. The molecule has 7 heteroatoms. The van der Waals surface area contributed by atoms with Crippen molar-refractivity contribution in [2.75, 3.05) is 24.7 Å². The average molecular weight is 399 g/mol. The van der Waals surface area contributed by atoms with E-state index in [4.69, 9.17) is 26.3 Å². The van der Waals surface area contributed by atoms with Crippen molar-refractivity contribution in [3.63, 3.8) is 0 Å². The molecule has 0 aliphatic carbocycles. The van der Waals surface area contributed by atoms with E-state index in [0.29, 0.717) is 22.9 Å². The van der Waals surface area contributed by atoms with Gasteiger partial charge in [-0.15, -0.1) is 0 Å². The molecule has 0 saturated carbocycles. The largest absolute Gasteiger partial charge is 0.493 e. The summed E-state index contributed by atoms with van der Waals surface area (Å²) in [6.45, 7) is 2.21. The molecular weight excluding hydrogens is 380 g/mol. The monoisotopic (exact) mass is 398 g/mol. The summed E-state index contributed by atoms with van der Waals surface area (Å²) in [5, 5.41) is 9.47. The number of aryl methyl sites for hydroxylation is 1. The van der Waals surface area contributed by atoms with Crippen LogP contribution in [0.25, 0.3) is 0 Å². The first-order valence-electron chi connectivity index (χ1n) is 8.86. The minimum atomic E-state index is -0.574. The van der Waals surface area contributed by atoms with E-state index in [-0.39, 0.29) is 13.0 Å². The predicted octanol–water partition coefficient (Wildman–Crippen LogP) is 3.69. The lowest BCUT2D eigenvalue weighted by molar-refractivity contribution is -0.121. The van der Waals surface area contributed by atoms with Crippen LogP contribution in [0.4, 0.5) is 5.69 Å². The van der Waals surface area contributed by atoms with Crippen LogP contribution in [-0.4, -0.2) is 31.6 Å². The standard InChI is InChI=1S/C21H19ClN2O4/c1-14-11-17(4-5-18(14)22)24(9-2-8-23)20(25)13-28-21(26)16-3-6-19-15(12-16)7-10-27-19/h3-6,11-12H,2,7,9-10,13H2,1H3. The summed E-state index contributed by atoms with van der Waals surface area (Å²) >= 11 is 6.05. The molecule has 0 fully saturated rings. The van der Waals surface area contributed by atoms with Gasteiger partial charge in [-0.1, -0.05) is 11.6 Å². The Labute approximate surface area is 168 Å². The Bertz CT molecular complexity index is 952. The number of carbonyl (C=O) groups excluding carboxylic acids is 2. The summed E-state index contributed by atoms with van der Waals surface area (Å²) in [5.41, 5.74) is 2.75. The molecule has 0 saturated heterocycles. The second-order valence-electron chi connectivity index (χ2n) is 6.38. The van der Waals surface area contributed by atoms with Gasteiger partial charge in [0.2, 0.25) is 0 Å². The summed E-state index contributed by atoms with van der Waals surface area (Å²) in [5.74, 6) is -0.209. The number of nitriles is 1. The van der Waals surface area contributed by atoms with Crippen molar-refractivity contribution in [2.45, 2.75) is 19.8 Å². The Morgan fingerprint density at radius 2 is 2.11 bits per heavy atom. The van der Waals surface area contributed by atoms with E-state index >= 15 is 0 Å². The first-order valence-corrected chi connectivity index (χ1v) is 9.23. The van der Waals surface area contributed by atoms with Gasteiger partial charge in [0.1, 0.15) is 5.75 Å². The summed E-state index contributed by atoms with van der Waals surface area (Å²) in [7, 11) is 0. The van der Waals surface area contributed by atoms with Gasteiger partial charge in [-0.25, -0.2) is 4.79 Å². The number of esters is 1. The predicted molar refractivity (Wildman–Crippen MR) is 105 cm³/mol. The SMILES string of the molecule is Cc1cc(N(CCC#N)C(=O)COC(=O)c2ccc3c(c2)CCO3)ccc1Cl. The second kappa shape index (κ2) is 8.77. The van der Waals surface area contributed by atoms with E-state index in [1.165, 1.54) is 4.90 Å². The molecule has 1 aliphatic rings. The Morgan fingerprint density at radius 1 is 1.29 bits per heavy atom. The fraction of sp³-hybridized carbons (Fsp3) is 0.286. The van der Waals surface area contributed by atoms with Crippen molar-refractivity contribution in [3.05, 3.63) is 58.1 Å². The molecule has 0 unspecified atom stereocenters. The van der Waals surface area contributed by atoms with Crippen LogP contribution in [0, 0.1) is 18.3 Å². The van der Waals surface area contributed by atoms with E-state index < -0.39 is 18.5 Å². The molecule has 2 aromatic carbocycles. The Hall–Kier alpha value is -3.04. The first-order chi connectivity index (χ1) is 13.5. The van der Waals surface area contributed by atoms with Crippen molar-refractivity contribution >= 4 is 29.2 Å². The van der Waals surface area contributed by atoms with Gasteiger partial charge in [-0.05, 0) is 54.4 Å². The lowest BCUT2D eigenvalue weighted by Gasteiger charge is -2.22. The number of ether oxygens (including phenoxy) is 2. The van der Waals surface area contributed by atoms with Gasteiger partial charge in [-0.3, -0.25) is 4.79 Å². The molecule has 1 amide bonds. The van der Waals surface area contributed by atoms with Crippen LogP contribution in [0.15, 0.2) is 36.4 Å². The van der Waals surface area contributed by atoms with Gasteiger partial charge < -0.3 is 14.4 Å². The van der Waals surface area contributed by atoms with Crippen molar-refractivity contribution < 1.29 is 19.1 Å². The summed E-state index contributed by atoms with van der Waals surface area (Å²) in [6, 6.07) is 12.3. The highest BCUT2D eigenvalue weighted by atomic mass is 35.5. The fourth-order valence-corrected chi connectivity index (χ4v) is 3.08. The Morgan fingerprint density at radius 3 is 2.86 bits per heavy atom. The number of rotatable bonds is 6. The number of fused-ring (bicyclic) bond motifs is 1. The third-order valence-electron chi connectivity index (χ3n) is 4.45. The van der Waals surface area contributed by atoms with Crippen molar-refractivity contribution in [1.29, 1.82) is 5.26 Å². The lowest BCUT2D eigenvalue weighted by Crippen LogP contribution is -2.35. The van der Waals surface area contributed by atoms with Crippen LogP contribution >= 0.6 is 11.6 Å². The Kier molecular flexibility index (Phi) is 6.17. The van der Waals surface area contributed by atoms with E-state index in [1.54, 1.807) is 36.4 Å². The van der Waals surface area contributed by atoms with E-state index in [2.05, 4.69) is 0 Å². The third-order valence-corrected chi connectivity index (χ3v) is 4.88. The Balaban J connectivity index is 1.68. The molecule has 6 nitrogen and oxygen atoms in total. The summed E-state index contributed by atoms with van der Waals surface area (Å²) in [6.07, 6.45) is 0.902. The highest BCUT2D eigenvalue weighted by Gasteiger charge is 2.20. The van der Waals surface area contributed by atoms with E-state index in [1.807, 2.05) is 13.0 Å². The molecular formula is C21H19ClN2O4.